The van der Waals surface area contributed by atoms with Crippen molar-refractivity contribution >= 4 is 5.91 Å². The fourth-order valence-corrected chi connectivity index (χ4v) is 15.3. The van der Waals surface area contributed by atoms with Crippen molar-refractivity contribution in [3.8, 4) is 0 Å². The lowest BCUT2D eigenvalue weighted by Gasteiger charge is -2.48. The van der Waals surface area contributed by atoms with Gasteiger partial charge < -0.3 is 89.9 Å². The van der Waals surface area contributed by atoms with Gasteiger partial charge in [0.1, 0.15) is 73.2 Å². The van der Waals surface area contributed by atoms with Crippen LogP contribution in [0.2, 0.25) is 0 Å². The fraction of sp³-hybridized carbons (Fsp3) is 0.859. The molecule has 0 aliphatic carbocycles. The Morgan fingerprint density at radius 1 is 0.333 bits per heavy atom. The van der Waals surface area contributed by atoms with E-state index in [-0.39, 0.29) is 18.9 Å². The van der Waals surface area contributed by atoms with Crippen LogP contribution in [-0.2, 0) is 33.2 Å². The van der Waals surface area contributed by atoms with E-state index in [0.717, 1.165) is 64.2 Å². The summed E-state index contributed by atoms with van der Waals surface area (Å²) in [6.07, 6.45) is 69.2. The minimum atomic E-state index is -1.98. The molecule has 3 heterocycles. The minimum Gasteiger partial charge on any atom is -0.394 e. The number of unbranched alkanes of at least 4 members (excludes halogenated alkanes) is 48. The first-order valence-corrected chi connectivity index (χ1v) is 45.7. The number of carbonyl (C=O) groups excluding carboxylic acids is 1. The van der Waals surface area contributed by atoms with Crippen molar-refractivity contribution in [3.05, 3.63) is 72.9 Å². The average Bonchev–Trinajstić information content (AvgIpc) is 0.780. The average molecular weight is 1580 g/mol. The van der Waals surface area contributed by atoms with E-state index < -0.39 is 124 Å². The lowest BCUT2D eigenvalue weighted by Crippen LogP contribution is -2.66. The third-order valence-corrected chi connectivity index (χ3v) is 22.5. The normalized spacial score (nSPS) is 25.4. The first kappa shape index (κ1) is 102. The van der Waals surface area contributed by atoms with Crippen LogP contribution in [0.1, 0.15) is 373 Å². The molecule has 1 amide bonds. The van der Waals surface area contributed by atoms with Crippen LogP contribution in [-0.4, -0.2) is 193 Å². The molecule has 17 unspecified atom stereocenters. The molecule has 17 atom stereocenters. The van der Waals surface area contributed by atoms with Gasteiger partial charge in [0.25, 0.3) is 0 Å². The van der Waals surface area contributed by atoms with Crippen LogP contribution in [0.25, 0.3) is 0 Å². The van der Waals surface area contributed by atoms with Gasteiger partial charge in [0, 0.05) is 6.42 Å². The number of allylic oxidation sites excluding steroid dienone is 11. The smallest absolute Gasteiger partial charge is 0.220 e. The number of rotatable bonds is 74. The van der Waals surface area contributed by atoms with Crippen LogP contribution in [0.15, 0.2) is 72.9 Å². The minimum absolute atomic E-state index is 0.237. The molecule has 648 valence electrons. The Bertz CT molecular complexity index is 2280. The second-order valence-corrected chi connectivity index (χ2v) is 32.4. The van der Waals surface area contributed by atoms with Gasteiger partial charge >= 0.3 is 0 Å². The maximum Gasteiger partial charge on any atom is 0.220 e. The van der Waals surface area contributed by atoms with Crippen LogP contribution in [0.4, 0.5) is 0 Å². The molecule has 0 bridgehead atoms. The van der Waals surface area contributed by atoms with Gasteiger partial charge in [0.15, 0.2) is 18.9 Å². The van der Waals surface area contributed by atoms with Crippen LogP contribution < -0.4 is 5.32 Å². The number of aliphatic hydroxyl groups is 11. The van der Waals surface area contributed by atoms with Gasteiger partial charge in [-0.2, -0.15) is 0 Å². The highest BCUT2D eigenvalue weighted by molar-refractivity contribution is 5.76. The topological polar surface area (TPSA) is 307 Å². The van der Waals surface area contributed by atoms with Gasteiger partial charge in [0.2, 0.25) is 5.91 Å². The van der Waals surface area contributed by atoms with Crippen molar-refractivity contribution < 1.29 is 89.4 Å². The van der Waals surface area contributed by atoms with Crippen molar-refractivity contribution in [2.75, 3.05) is 26.4 Å². The molecular weight excluding hydrogens is 1410 g/mol. The molecule has 0 aromatic rings. The molecule has 0 saturated carbocycles. The first-order chi connectivity index (χ1) is 54.3. The summed E-state index contributed by atoms with van der Waals surface area (Å²) in [6.45, 7) is 1.66. The van der Waals surface area contributed by atoms with Crippen LogP contribution >= 0.6 is 0 Å². The zero-order chi connectivity index (χ0) is 80.3. The summed E-state index contributed by atoms with van der Waals surface area (Å²) in [4.78, 5) is 13.5. The number of nitrogens with one attached hydrogen (secondary N) is 1. The number of aliphatic hydroxyl groups excluding tert-OH is 11. The number of ether oxygens (including phenoxy) is 6. The Balaban J connectivity index is 1.33. The molecule has 0 spiro atoms. The van der Waals surface area contributed by atoms with Crippen molar-refractivity contribution in [2.24, 2.45) is 0 Å². The molecule has 3 aliphatic heterocycles. The van der Waals surface area contributed by atoms with E-state index in [2.05, 4.69) is 79.9 Å². The van der Waals surface area contributed by atoms with Gasteiger partial charge in [0.05, 0.1) is 38.6 Å². The van der Waals surface area contributed by atoms with E-state index in [0.29, 0.717) is 12.8 Å². The van der Waals surface area contributed by atoms with Crippen molar-refractivity contribution in [2.45, 2.75) is 478 Å². The lowest BCUT2D eigenvalue weighted by molar-refractivity contribution is -0.379. The second-order valence-electron chi connectivity index (χ2n) is 32.4. The molecule has 3 aliphatic rings. The molecule has 0 aromatic carbocycles. The quantitative estimate of drug-likeness (QED) is 0.0199. The Kier molecular flexibility index (Phi) is 65.8. The standard InChI is InChI=1S/C92H167NO18/c1-3-5-7-9-11-13-15-17-19-21-23-25-27-29-31-33-35-36-37-38-40-42-44-46-48-50-52-54-56-58-60-62-64-66-68-70-80(98)93-75(76(97)69-67-65-63-61-59-57-55-53-51-49-47-45-43-41-39-34-32-30-28-26-24-22-20-18-16-14-12-10-8-6-4-2)74-106-90-86(104)83(101)88(78(72-95)108-90)111-92-87(105)84(102)89(79(73-96)109-92)110-91-85(103)82(100)81(99)77(71-94)107-91/h5,7,11,13,17,19,23,25,59,61,67,69,75-79,81-92,94-97,99-105H,3-4,6,8-10,12,14-16,18,20-22,24,26-58,60,62-66,68,70-74H2,1-2H3,(H,93,98)/b7-5-,13-11-,19-17-,25-23-,61-59+,69-67+. The molecular formula is C92H167NO18. The number of hydrogen-bond donors (Lipinski definition) is 12. The van der Waals surface area contributed by atoms with Crippen molar-refractivity contribution in [1.82, 2.24) is 5.32 Å². The zero-order valence-electron chi connectivity index (χ0n) is 69.9. The molecule has 0 radical (unpaired) electrons. The molecule has 12 N–H and O–H groups in total. The molecule has 3 fully saturated rings. The predicted octanol–water partition coefficient (Wildman–Crippen LogP) is 17.5. The SMILES string of the molecule is CC/C=C\C/C=C\C/C=C\C/C=C\CCCCCCCCCCCCCCCCCCCCCCCCC(=O)NC(COC1OC(CO)C(OC2OC(CO)C(OC3OC(CO)C(O)C(O)C3O)C(O)C2O)C(O)C1O)C(O)/C=C/CC/C=C/CCCCCCCCCCCCCCCCCCCCCCCCCCC. The van der Waals surface area contributed by atoms with Crippen LogP contribution in [0.5, 0.6) is 0 Å². The molecule has 3 saturated heterocycles. The van der Waals surface area contributed by atoms with E-state index in [1.807, 2.05) is 6.08 Å². The molecule has 19 heteroatoms. The lowest BCUT2D eigenvalue weighted by atomic mass is 9.96. The Hall–Kier alpha value is -2.77. The fourth-order valence-electron chi connectivity index (χ4n) is 15.3. The van der Waals surface area contributed by atoms with Gasteiger partial charge in [-0.05, 0) is 70.6 Å². The summed E-state index contributed by atoms with van der Waals surface area (Å²) < 4.78 is 34.5. The van der Waals surface area contributed by atoms with Gasteiger partial charge in [-0.3, -0.25) is 4.79 Å². The molecule has 111 heavy (non-hydrogen) atoms. The van der Waals surface area contributed by atoms with E-state index >= 15 is 0 Å². The number of carbonyl (C=O) groups is 1. The first-order valence-electron chi connectivity index (χ1n) is 45.7. The van der Waals surface area contributed by atoms with Gasteiger partial charge in [-0.15, -0.1) is 0 Å². The summed E-state index contributed by atoms with van der Waals surface area (Å²) in [5.74, 6) is -0.279. The maximum atomic E-state index is 13.5. The zero-order valence-corrected chi connectivity index (χ0v) is 69.9. The van der Waals surface area contributed by atoms with E-state index in [1.54, 1.807) is 6.08 Å². The predicted molar refractivity (Wildman–Crippen MR) is 448 cm³/mol. The van der Waals surface area contributed by atoms with Gasteiger partial charge in [-0.1, -0.05) is 369 Å². The van der Waals surface area contributed by atoms with Crippen molar-refractivity contribution in [1.29, 1.82) is 0 Å². The largest absolute Gasteiger partial charge is 0.394 e. The Morgan fingerprint density at radius 3 is 1.01 bits per heavy atom. The summed E-state index contributed by atoms with van der Waals surface area (Å²) >= 11 is 0. The number of amides is 1. The molecule has 19 nitrogen and oxygen atoms in total. The Labute approximate surface area is 674 Å². The second kappa shape index (κ2) is 71.3. The Morgan fingerprint density at radius 2 is 0.631 bits per heavy atom. The highest BCUT2D eigenvalue weighted by Gasteiger charge is 2.54. The third kappa shape index (κ3) is 49.9. The summed E-state index contributed by atoms with van der Waals surface area (Å²) in [5.41, 5.74) is 0. The van der Waals surface area contributed by atoms with Gasteiger partial charge in [-0.25, -0.2) is 0 Å². The molecule has 0 aromatic heterocycles. The highest BCUT2D eigenvalue weighted by atomic mass is 16.8. The third-order valence-electron chi connectivity index (χ3n) is 22.5. The van der Waals surface area contributed by atoms with E-state index in [4.69, 9.17) is 28.4 Å². The highest BCUT2D eigenvalue weighted by Crippen LogP contribution is 2.34. The summed E-state index contributed by atoms with van der Waals surface area (Å²) in [5, 5.41) is 121. The maximum absolute atomic E-state index is 13.5. The molecule has 3 rings (SSSR count). The summed E-state index contributed by atoms with van der Waals surface area (Å²) in [6, 6.07) is -0.993. The van der Waals surface area contributed by atoms with Crippen LogP contribution in [0.3, 0.4) is 0 Å². The van der Waals surface area contributed by atoms with E-state index in [1.165, 1.54) is 276 Å². The summed E-state index contributed by atoms with van der Waals surface area (Å²) in [7, 11) is 0. The van der Waals surface area contributed by atoms with E-state index in [9.17, 15) is 61.0 Å². The van der Waals surface area contributed by atoms with Crippen molar-refractivity contribution in [3.63, 3.8) is 0 Å². The van der Waals surface area contributed by atoms with Crippen LogP contribution in [0, 0.1) is 0 Å². The number of hydrogen-bond acceptors (Lipinski definition) is 18. The monoisotopic (exact) mass is 1570 g/mol.